The van der Waals surface area contributed by atoms with Crippen LogP contribution >= 0.6 is 0 Å². The molecule has 2 heterocycles. The Kier molecular flexibility index (Phi) is 2.60. The fraction of sp³-hybridized carbons (Fsp3) is 0.571. The standard InChI is InChI=1S/C14H20N2/c1-2-5-13(6-3-1)16-12-4-7-14(16)8-10-15-11-9-14/h1-3,5-6,15H,4,7-12H2. The van der Waals surface area contributed by atoms with Crippen molar-refractivity contribution in [3.8, 4) is 0 Å². The molecule has 1 aromatic carbocycles. The topological polar surface area (TPSA) is 15.3 Å². The van der Waals surface area contributed by atoms with Crippen LogP contribution in [0.4, 0.5) is 5.69 Å². The maximum atomic E-state index is 3.48. The van der Waals surface area contributed by atoms with Crippen LogP contribution < -0.4 is 10.2 Å². The second-order valence-corrected chi connectivity index (χ2v) is 5.07. The van der Waals surface area contributed by atoms with E-state index >= 15 is 0 Å². The van der Waals surface area contributed by atoms with Gasteiger partial charge >= 0.3 is 0 Å². The molecule has 0 saturated carbocycles. The Morgan fingerprint density at radius 2 is 1.75 bits per heavy atom. The molecule has 1 spiro atoms. The van der Waals surface area contributed by atoms with Crippen molar-refractivity contribution in [1.82, 2.24) is 5.32 Å². The van der Waals surface area contributed by atoms with E-state index in [4.69, 9.17) is 0 Å². The quantitative estimate of drug-likeness (QED) is 0.775. The van der Waals surface area contributed by atoms with E-state index in [9.17, 15) is 0 Å². The molecular weight excluding hydrogens is 196 g/mol. The van der Waals surface area contributed by atoms with E-state index in [0.29, 0.717) is 5.54 Å². The number of hydrogen-bond acceptors (Lipinski definition) is 2. The average Bonchev–Trinajstić information content (AvgIpc) is 2.75. The fourth-order valence-corrected chi connectivity index (χ4v) is 3.36. The second kappa shape index (κ2) is 4.10. The number of nitrogens with zero attached hydrogens (tertiary/aromatic N) is 1. The number of piperidine rings is 1. The van der Waals surface area contributed by atoms with Gasteiger partial charge in [-0.3, -0.25) is 0 Å². The van der Waals surface area contributed by atoms with Gasteiger partial charge in [-0.15, -0.1) is 0 Å². The number of rotatable bonds is 1. The van der Waals surface area contributed by atoms with E-state index in [1.54, 1.807) is 0 Å². The zero-order valence-corrected chi connectivity index (χ0v) is 9.78. The van der Waals surface area contributed by atoms with Gasteiger partial charge in [-0.25, -0.2) is 0 Å². The summed E-state index contributed by atoms with van der Waals surface area (Å²) in [6.07, 6.45) is 5.35. The first-order valence-electron chi connectivity index (χ1n) is 6.44. The summed E-state index contributed by atoms with van der Waals surface area (Å²) in [4.78, 5) is 2.66. The second-order valence-electron chi connectivity index (χ2n) is 5.07. The van der Waals surface area contributed by atoms with Crippen LogP contribution in [0, 0.1) is 0 Å². The summed E-state index contributed by atoms with van der Waals surface area (Å²) >= 11 is 0. The zero-order chi connectivity index (χ0) is 10.8. The summed E-state index contributed by atoms with van der Waals surface area (Å²) in [5.74, 6) is 0. The third-order valence-electron chi connectivity index (χ3n) is 4.20. The van der Waals surface area contributed by atoms with Crippen LogP contribution in [-0.2, 0) is 0 Å². The Bertz CT molecular complexity index is 341. The minimum absolute atomic E-state index is 0.465. The molecule has 86 valence electrons. The van der Waals surface area contributed by atoms with Crippen LogP contribution in [-0.4, -0.2) is 25.2 Å². The SMILES string of the molecule is c1ccc(N2CCCC23CCNCC3)cc1. The molecule has 0 aliphatic carbocycles. The van der Waals surface area contributed by atoms with Crippen LogP contribution in [0.2, 0.25) is 0 Å². The first-order valence-corrected chi connectivity index (χ1v) is 6.44. The van der Waals surface area contributed by atoms with E-state index in [2.05, 4.69) is 40.5 Å². The molecule has 1 N–H and O–H groups in total. The summed E-state index contributed by atoms with van der Waals surface area (Å²) in [6.45, 7) is 3.61. The first-order chi connectivity index (χ1) is 7.91. The van der Waals surface area contributed by atoms with Gasteiger partial charge in [0.1, 0.15) is 0 Å². The smallest absolute Gasteiger partial charge is 0.0427 e. The van der Waals surface area contributed by atoms with Crippen LogP contribution in [0.15, 0.2) is 30.3 Å². The van der Waals surface area contributed by atoms with E-state index in [1.807, 2.05) is 0 Å². The third kappa shape index (κ3) is 1.61. The van der Waals surface area contributed by atoms with Crippen molar-refractivity contribution < 1.29 is 0 Å². The largest absolute Gasteiger partial charge is 0.366 e. The van der Waals surface area contributed by atoms with Crippen molar-refractivity contribution in [2.24, 2.45) is 0 Å². The molecule has 0 radical (unpaired) electrons. The molecule has 0 aromatic heterocycles. The zero-order valence-electron chi connectivity index (χ0n) is 9.78. The van der Waals surface area contributed by atoms with Gasteiger partial charge in [-0.2, -0.15) is 0 Å². The monoisotopic (exact) mass is 216 g/mol. The normalized spacial score (nSPS) is 23.9. The van der Waals surface area contributed by atoms with Gasteiger partial charge in [0.05, 0.1) is 0 Å². The van der Waals surface area contributed by atoms with Gasteiger partial charge in [0.15, 0.2) is 0 Å². The molecule has 16 heavy (non-hydrogen) atoms. The lowest BCUT2D eigenvalue weighted by molar-refractivity contribution is 0.311. The number of anilines is 1. The molecule has 2 nitrogen and oxygen atoms in total. The first kappa shape index (κ1) is 10.2. The number of para-hydroxylation sites is 1. The Hall–Kier alpha value is -1.02. The molecule has 2 heteroatoms. The van der Waals surface area contributed by atoms with E-state index < -0.39 is 0 Å². The minimum atomic E-state index is 0.465. The lowest BCUT2D eigenvalue weighted by atomic mass is 9.85. The van der Waals surface area contributed by atoms with Gasteiger partial charge in [0.2, 0.25) is 0 Å². The number of benzene rings is 1. The summed E-state index contributed by atoms with van der Waals surface area (Å²) < 4.78 is 0. The van der Waals surface area contributed by atoms with Crippen LogP contribution in [0.25, 0.3) is 0 Å². The number of hydrogen-bond donors (Lipinski definition) is 1. The molecule has 2 aliphatic heterocycles. The summed E-state index contributed by atoms with van der Waals surface area (Å²) in [6, 6.07) is 10.9. The Labute approximate surface area is 97.6 Å². The molecule has 2 aliphatic rings. The third-order valence-corrected chi connectivity index (χ3v) is 4.20. The fourth-order valence-electron chi connectivity index (χ4n) is 3.36. The maximum absolute atomic E-state index is 3.48. The molecule has 0 amide bonds. The van der Waals surface area contributed by atoms with Gasteiger partial charge in [-0.05, 0) is 50.9 Å². The van der Waals surface area contributed by atoms with Crippen molar-refractivity contribution in [2.45, 2.75) is 31.2 Å². The Morgan fingerprint density at radius 1 is 1.00 bits per heavy atom. The van der Waals surface area contributed by atoms with Crippen LogP contribution in [0.5, 0.6) is 0 Å². The average molecular weight is 216 g/mol. The maximum Gasteiger partial charge on any atom is 0.0427 e. The summed E-state index contributed by atoms with van der Waals surface area (Å²) in [5.41, 5.74) is 1.88. The number of nitrogens with one attached hydrogen (secondary N) is 1. The molecule has 0 atom stereocenters. The Balaban J connectivity index is 1.89. The van der Waals surface area contributed by atoms with E-state index in [1.165, 1.54) is 51.0 Å². The predicted molar refractivity (Wildman–Crippen MR) is 67.9 cm³/mol. The van der Waals surface area contributed by atoms with Crippen molar-refractivity contribution >= 4 is 5.69 Å². The lowest BCUT2D eigenvalue weighted by Crippen LogP contribution is -2.51. The molecule has 0 bridgehead atoms. The minimum Gasteiger partial charge on any atom is -0.366 e. The van der Waals surface area contributed by atoms with Crippen LogP contribution in [0.3, 0.4) is 0 Å². The molecule has 1 aromatic rings. The molecule has 0 unspecified atom stereocenters. The van der Waals surface area contributed by atoms with Crippen LogP contribution in [0.1, 0.15) is 25.7 Å². The summed E-state index contributed by atoms with van der Waals surface area (Å²) in [7, 11) is 0. The predicted octanol–water partition coefficient (Wildman–Crippen LogP) is 2.41. The highest BCUT2D eigenvalue weighted by Gasteiger charge is 2.41. The van der Waals surface area contributed by atoms with Gasteiger partial charge in [-0.1, -0.05) is 18.2 Å². The van der Waals surface area contributed by atoms with Gasteiger partial charge in [0, 0.05) is 17.8 Å². The van der Waals surface area contributed by atoms with E-state index in [0.717, 1.165) is 0 Å². The molecule has 2 fully saturated rings. The Morgan fingerprint density at radius 3 is 2.50 bits per heavy atom. The molecular formula is C14H20N2. The highest BCUT2D eigenvalue weighted by Crippen LogP contribution is 2.39. The van der Waals surface area contributed by atoms with E-state index in [-0.39, 0.29) is 0 Å². The molecule has 2 saturated heterocycles. The van der Waals surface area contributed by atoms with Crippen molar-refractivity contribution in [2.75, 3.05) is 24.5 Å². The summed E-state index contributed by atoms with van der Waals surface area (Å²) in [5, 5.41) is 3.48. The highest BCUT2D eigenvalue weighted by atomic mass is 15.2. The van der Waals surface area contributed by atoms with Crippen molar-refractivity contribution in [3.63, 3.8) is 0 Å². The van der Waals surface area contributed by atoms with Gasteiger partial charge < -0.3 is 10.2 Å². The lowest BCUT2D eigenvalue weighted by Gasteiger charge is -2.43. The molecule has 3 rings (SSSR count). The van der Waals surface area contributed by atoms with Crippen molar-refractivity contribution in [3.05, 3.63) is 30.3 Å². The highest BCUT2D eigenvalue weighted by molar-refractivity contribution is 5.50. The van der Waals surface area contributed by atoms with Gasteiger partial charge in [0.25, 0.3) is 0 Å². The van der Waals surface area contributed by atoms with Crippen molar-refractivity contribution in [1.29, 1.82) is 0 Å².